The number of anilines is 1. The zero-order chi connectivity index (χ0) is 21.8. The zero-order valence-corrected chi connectivity index (χ0v) is 18.5. The Morgan fingerprint density at radius 1 is 1.23 bits per heavy atom. The summed E-state index contributed by atoms with van der Waals surface area (Å²) in [5.74, 6) is 0.266. The highest BCUT2D eigenvalue weighted by molar-refractivity contribution is 7.92. The molecule has 2 heterocycles. The topological polar surface area (TPSA) is 84.9 Å². The van der Waals surface area contributed by atoms with Crippen LogP contribution in [-0.2, 0) is 26.0 Å². The predicted molar refractivity (Wildman–Crippen MR) is 118 cm³/mol. The highest BCUT2D eigenvalue weighted by atomic mass is 32.2. The van der Waals surface area contributed by atoms with E-state index in [1.165, 1.54) is 4.31 Å². The average Bonchev–Trinajstić information content (AvgIpc) is 3.30. The number of amides is 1. The van der Waals surface area contributed by atoms with Crippen molar-refractivity contribution in [3.05, 3.63) is 53.6 Å². The molecule has 0 aromatic heterocycles. The first kappa shape index (κ1) is 21.6. The molecule has 1 atom stereocenters. The second kappa shape index (κ2) is 9.28. The van der Waals surface area contributed by atoms with Crippen LogP contribution < -0.4 is 14.4 Å². The number of para-hydroxylation sites is 1. The number of ether oxygens (including phenoxy) is 2. The molecule has 0 radical (unpaired) electrons. The molecular weight excluding hydrogens is 416 g/mol. The number of sulfonamides is 1. The summed E-state index contributed by atoms with van der Waals surface area (Å²) in [6, 6.07) is 12.4. The average molecular weight is 445 g/mol. The number of rotatable bonds is 7. The van der Waals surface area contributed by atoms with Crippen LogP contribution in [-0.4, -0.2) is 46.7 Å². The third-order valence-corrected chi connectivity index (χ3v) is 7.52. The number of fused-ring (bicyclic) bond motifs is 1. The first-order valence-electron chi connectivity index (χ1n) is 10.7. The van der Waals surface area contributed by atoms with Crippen LogP contribution in [0.15, 0.2) is 47.4 Å². The number of benzene rings is 2. The first-order valence-corrected chi connectivity index (χ1v) is 12.1. The van der Waals surface area contributed by atoms with Crippen molar-refractivity contribution in [2.24, 2.45) is 0 Å². The SMILES string of the molecule is Cc1cc(S(=O)(=O)N2CCCc3ccccc32)ccc1OCC(=O)NC[C@H]1CCCO1. The molecule has 1 N–H and O–H groups in total. The Morgan fingerprint density at radius 2 is 2.06 bits per heavy atom. The van der Waals surface area contributed by atoms with Gasteiger partial charge in [0.25, 0.3) is 15.9 Å². The molecule has 7 nitrogen and oxygen atoms in total. The van der Waals surface area contributed by atoms with E-state index in [0.29, 0.717) is 24.4 Å². The number of hydrogen-bond acceptors (Lipinski definition) is 5. The van der Waals surface area contributed by atoms with Crippen LogP contribution in [0.5, 0.6) is 5.75 Å². The van der Waals surface area contributed by atoms with Gasteiger partial charge in [-0.2, -0.15) is 0 Å². The summed E-state index contributed by atoms with van der Waals surface area (Å²) < 4.78 is 39.2. The van der Waals surface area contributed by atoms with Crippen LogP contribution >= 0.6 is 0 Å². The van der Waals surface area contributed by atoms with Gasteiger partial charge in [-0.3, -0.25) is 9.10 Å². The molecule has 2 aliphatic heterocycles. The molecule has 31 heavy (non-hydrogen) atoms. The quantitative estimate of drug-likeness (QED) is 0.710. The maximum absolute atomic E-state index is 13.3. The van der Waals surface area contributed by atoms with Crippen LogP contribution in [0, 0.1) is 6.92 Å². The summed E-state index contributed by atoms with van der Waals surface area (Å²) in [4.78, 5) is 12.3. The first-order chi connectivity index (χ1) is 14.9. The predicted octanol–water partition coefficient (Wildman–Crippen LogP) is 2.81. The smallest absolute Gasteiger partial charge is 0.264 e. The van der Waals surface area contributed by atoms with Gasteiger partial charge < -0.3 is 14.8 Å². The summed E-state index contributed by atoms with van der Waals surface area (Å²) in [6.07, 6.45) is 3.72. The summed E-state index contributed by atoms with van der Waals surface area (Å²) in [5.41, 5.74) is 2.45. The van der Waals surface area contributed by atoms with Crippen LogP contribution in [0.4, 0.5) is 5.69 Å². The minimum absolute atomic E-state index is 0.0788. The number of aryl methyl sites for hydroxylation is 2. The molecule has 1 saturated heterocycles. The van der Waals surface area contributed by atoms with E-state index < -0.39 is 10.0 Å². The van der Waals surface area contributed by atoms with E-state index in [0.717, 1.165) is 43.5 Å². The van der Waals surface area contributed by atoms with Gasteiger partial charge in [-0.25, -0.2) is 8.42 Å². The number of nitrogens with zero attached hydrogens (tertiary/aromatic N) is 1. The Balaban J connectivity index is 1.42. The van der Waals surface area contributed by atoms with E-state index in [1.807, 2.05) is 24.3 Å². The fourth-order valence-corrected chi connectivity index (χ4v) is 5.67. The normalized spacial score (nSPS) is 18.5. The van der Waals surface area contributed by atoms with Crippen molar-refractivity contribution in [2.45, 2.75) is 43.6 Å². The molecule has 4 rings (SSSR count). The van der Waals surface area contributed by atoms with Crippen LogP contribution in [0.2, 0.25) is 0 Å². The lowest BCUT2D eigenvalue weighted by Crippen LogP contribution is -2.35. The van der Waals surface area contributed by atoms with Gasteiger partial charge in [0.1, 0.15) is 5.75 Å². The van der Waals surface area contributed by atoms with Crippen molar-refractivity contribution in [1.82, 2.24) is 5.32 Å². The Morgan fingerprint density at radius 3 is 2.84 bits per heavy atom. The fourth-order valence-electron chi connectivity index (χ4n) is 4.05. The fraction of sp³-hybridized carbons (Fsp3) is 0.435. The van der Waals surface area contributed by atoms with Gasteiger partial charge in [-0.1, -0.05) is 18.2 Å². The Hall–Kier alpha value is -2.58. The molecule has 1 fully saturated rings. The number of carbonyl (C=O) groups excluding carboxylic acids is 1. The molecule has 1 amide bonds. The Kier molecular flexibility index (Phi) is 6.48. The zero-order valence-electron chi connectivity index (χ0n) is 17.7. The van der Waals surface area contributed by atoms with Gasteiger partial charge in [0.05, 0.1) is 16.7 Å². The lowest BCUT2D eigenvalue weighted by atomic mass is 10.0. The lowest BCUT2D eigenvalue weighted by molar-refractivity contribution is -0.123. The van der Waals surface area contributed by atoms with Crippen molar-refractivity contribution in [3.8, 4) is 5.75 Å². The monoisotopic (exact) mass is 444 g/mol. The minimum Gasteiger partial charge on any atom is -0.484 e. The van der Waals surface area contributed by atoms with E-state index in [1.54, 1.807) is 25.1 Å². The van der Waals surface area contributed by atoms with E-state index in [2.05, 4.69) is 5.32 Å². The van der Waals surface area contributed by atoms with Crippen molar-refractivity contribution in [2.75, 3.05) is 30.6 Å². The lowest BCUT2D eigenvalue weighted by Gasteiger charge is -2.30. The van der Waals surface area contributed by atoms with Crippen molar-refractivity contribution in [3.63, 3.8) is 0 Å². The third kappa shape index (κ3) is 4.85. The van der Waals surface area contributed by atoms with E-state index in [-0.39, 0.29) is 23.5 Å². The Bertz CT molecular complexity index is 1050. The molecule has 0 spiro atoms. The molecule has 0 unspecified atom stereocenters. The van der Waals surface area contributed by atoms with E-state index in [4.69, 9.17) is 9.47 Å². The van der Waals surface area contributed by atoms with Gasteiger partial charge >= 0.3 is 0 Å². The van der Waals surface area contributed by atoms with Crippen molar-refractivity contribution >= 4 is 21.6 Å². The molecule has 2 aliphatic rings. The van der Waals surface area contributed by atoms with Gasteiger partial charge in [0.2, 0.25) is 0 Å². The second-order valence-corrected chi connectivity index (χ2v) is 9.83. The molecular formula is C23H28N2O5S. The molecule has 0 aliphatic carbocycles. The third-order valence-electron chi connectivity index (χ3n) is 5.71. The Labute approximate surface area is 183 Å². The van der Waals surface area contributed by atoms with Crippen LogP contribution in [0.1, 0.15) is 30.4 Å². The molecule has 0 bridgehead atoms. The molecule has 2 aromatic carbocycles. The van der Waals surface area contributed by atoms with Gasteiger partial charge in [-0.15, -0.1) is 0 Å². The molecule has 166 valence electrons. The number of carbonyl (C=O) groups is 1. The molecule has 2 aromatic rings. The molecule has 0 saturated carbocycles. The minimum atomic E-state index is -3.68. The summed E-state index contributed by atoms with van der Waals surface area (Å²) >= 11 is 0. The standard InChI is InChI=1S/C23H28N2O5S/c1-17-14-20(31(27,28)25-12-4-7-18-6-2-3-9-21(18)25)10-11-22(17)30-16-23(26)24-15-19-8-5-13-29-19/h2-3,6,9-11,14,19H,4-5,7-8,12-13,15-16H2,1H3,(H,24,26)/t19-/m1/s1. The van der Waals surface area contributed by atoms with E-state index in [9.17, 15) is 13.2 Å². The highest BCUT2D eigenvalue weighted by Gasteiger charge is 2.29. The van der Waals surface area contributed by atoms with Crippen molar-refractivity contribution in [1.29, 1.82) is 0 Å². The van der Waals surface area contributed by atoms with Gasteiger partial charge in [-0.05, 0) is 68.0 Å². The largest absolute Gasteiger partial charge is 0.484 e. The summed E-state index contributed by atoms with van der Waals surface area (Å²) in [6.45, 7) is 3.34. The second-order valence-electron chi connectivity index (χ2n) is 7.96. The maximum Gasteiger partial charge on any atom is 0.264 e. The van der Waals surface area contributed by atoms with Gasteiger partial charge in [0.15, 0.2) is 6.61 Å². The molecule has 8 heteroatoms. The maximum atomic E-state index is 13.3. The van der Waals surface area contributed by atoms with E-state index >= 15 is 0 Å². The van der Waals surface area contributed by atoms with Crippen molar-refractivity contribution < 1.29 is 22.7 Å². The van der Waals surface area contributed by atoms with Crippen LogP contribution in [0.3, 0.4) is 0 Å². The van der Waals surface area contributed by atoms with Crippen LogP contribution in [0.25, 0.3) is 0 Å². The van der Waals surface area contributed by atoms with Gasteiger partial charge in [0, 0.05) is 19.7 Å². The number of nitrogens with one attached hydrogen (secondary N) is 1. The number of hydrogen-bond donors (Lipinski definition) is 1. The summed E-state index contributed by atoms with van der Waals surface area (Å²) in [7, 11) is -3.68. The summed E-state index contributed by atoms with van der Waals surface area (Å²) in [5, 5.41) is 2.81. The highest BCUT2D eigenvalue weighted by Crippen LogP contribution is 2.33.